The molecule has 1 aliphatic carbocycles. The molecule has 2 atom stereocenters. The molecule has 1 amide bonds. The number of hydrogen-bond acceptors (Lipinski definition) is 4. The van der Waals surface area contributed by atoms with Gasteiger partial charge in [-0.15, -0.1) is 0 Å². The van der Waals surface area contributed by atoms with Crippen molar-refractivity contribution in [1.29, 1.82) is 0 Å². The summed E-state index contributed by atoms with van der Waals surface area (Å²) >= 11 is 0. The van der Waals surface area contributed by atoms with Crippen molar-refractivity contribution in [1.82, 2.24) is 9.80 Å². The number of nitrogens with zero attached hydrogens (tertiary/aromatic N) is 2. The number of likely N-dealkylation sites (N-methyl/N-ethyl adjacent to an activating group) is 1. The lowest BCUT2D eigenvalue weighted by Gasteiger charge is -2.21. The molecule has 0 radical (unpaired) electrons. The van der Waals surface area contributed by atoms with Gasteiger partial charge in [-0.2, -0.15) is 0 Å². The number of methoxy groups -OCH3 is 1. The fourth-order valence-corrected chi connectivity index (χ4v) is 2.62. The molecule has 1 heterocycles. The molecular weight excluding hydrogens is 232 g/mol. The van der Waals surface area contributed by atoms with Crippen LogP contribution in [0.2, 0.25) is 0 Å². The first-order chi connectivity index (χ1) is 8.52. The van der Waals surface area contributed by atoms with Gasteiger partial charge < -0.3 is 9.64 Å². The Hall–Kier alpha value is -1.10. The maximum Gasteiger partial charge on any atom is 0.310 e. The van der Waals surface area contributed by atoms with E-state index in [9.17, 15) is 9.59 Å². The zero-order valence-corrected chi connectivity index (χ0v) is 11.4. The fourth-order valence-electron chi connectivity index (χ4n) is 2.62. The molecule has 0 spiro atoms. The highest BCUT2D eigenvalue weighted by atomic mass is 16.5. The molecule has 2 unspecified atom stereocenters. The van der Waals surface area contributed by atoms with Crippen LogP contribution in [0.1, 0.15) is 19.8 Å². The molecule has 0 aromatic heterocycles. The number of carbonyl (C=O) groups excluding carboxylic acids is 2. The van der Waals surface area contributed by atoms with E-state index >= 15 is 0 Å². The van der Waals surface area contributed by atoms with Crippen molar-refractivity contribution in [2.75, 3.05) is 33.8 Å². The summed E-state index contributed by atoms with van der Waals surface area (Å²) in [6, 6.07) is 0.453. The highest BCUT2D eigenvalue weighted by molar-refractivity contribution is 5.79. The average molecular weight is 254 g/mol. The van der Waals surface area contributed by atoms with Crippen molar-refractivity contribution in [2.45, 2.75) is 25.8 Å². The number of esters is 1. The highest BCUT2D eigenvalue weighted by Crippen LogP contribution is 2.27. The quantitative estimate of drug-likeness (QED) is 0.679. The van der Waals surface area contributed by atoms with Gasteiger partial charge in [0.1, 0.15) is 0 Å². The van der Waals surface area contributed by atoms with Crippen LogP contribution < -0.4 is 0 Å². The van der Waals surface area contributed by atoms with E-state index in [4.69, 9.17) is 4.74 Å². The van der Waals surface area contributed by atoms with Gasteiger partial charge >= 0.3 is 5.97 Å². The summed E-state index contributed by atoms with van der Waals surface area (Å²) in [5.41, 5.74) is 0. The standard InChI is InChI=1S/C13H22N2O3/c1-9-6-15(7-11(9)13(17)18-3)8-12(16)14(2)10-4-5-10/h9-11H,4-8H2,1-3H3. The summed E-state index contributed by atoms with van der Waals surface area (Å²) in [5, 5.41) is 0. The highest BCUT2D eigenvalue weighted by Gasteiger charge is 2.37. The maximum atomic E-state index is 12.0. The molecule has 1 saturated heterocycles. The number of amides is 1. The first kappa shape index (κ1) is 13.3. The van der Waals surface area contributed by atoms with Gasteiger partial charge in [0, 0.05) is 26.2 Å². The van der Waals surface area contributed by atoms with Crippen LogP contribution in [0.3, 0.4) is 0 Å². The van der Waals surface area contributed by atoms with E-state index in [1.165, 1.54) is 7.11 Å². The number of ether oxygens (including phenoxy) is 1. The van der Waals surface area contributed by atoms with Crippen LogP contribution in [0.4, 0.5) is 0 Å². The van der Waals surface area contributed by atoms with Crippen LogP contribution in [-0.2, 0) is 14.3 Å². The number of hydrogen-bond donors (Lipinski definition) is 0. The minimum Gasteiger partial charge on any atom is -0.469 e. The first-order valence-corrected chi connectivity index (χ1v) is 6.58. The normalized spacial score (nSPS) is 28.2. The van der Waals surface area contributed by atoms with E-state index in [0.29, 0.717) is 19.1 Å². The summed E-state index contributed by atoms with van der Waals surface area (Å²) in [5.74, 6) is 0.175. The van der Waals surface area contributed by atoms with Crippen molar-refractivity contribution < 1.29 is 14.3 Å². The van der Waals surface area contributed by atoms with Crippen molar-refractivity contribution >= 4 is 11.9 Å². The molecule has 102 valence electrons. The van der Waals surface area contributed by atoms with Gasteiger partial charge in [0.2, 0.25) is 5.91 Å². The van der Waals surface area contributed by atoms with Crippen LogP contribution in [-0.4, -0.2) is 61.5 Å². The molecule has 2 rings (SSSR count). The summed E-state index contributed by atoms with van der Waals surface area (Å²) < 4.78 is 4.79. The Morgan fingerprint density at radius 2 is 2.00 bits per heavy atom. The SMILES string of the molecule is COC(=O)C1CN(CC(=O)N(C)C2CC2)CC1C. The summed E-state index contributed by atoms with van der Waals surface area (Å²) in [7, 11) is 3.29. The molecule has 2 fully saturated rings. The minimum absolute atomic E-state index is 0.0889. The molecule has 18 heavy (non-hydrogen) atoms. The van der Waals surface area contributed by atoms with E-state index in [2.05, 4.69) is 4.90 Å². The van der Waals surface area contributed by atoms with Gasteiger partial charge in [-0.1, -0.05) is 6.92 Å². The zero-order valence-electron chi connectivity index (χ0n) is 11.4. The van der Waals surface area contributed by atoms with E-state index < -0.39 is 0 Å². The van der Waals surface area contributed by atoms with Crippen LogP contribution in [0.25, 0.3) is 0 Å². The van der Waals surface area contributed by atoms with E-state index in [1.54, 1.807) is 0 Å². The van der Waals surface area contributed by atoms with Crippen molar-refractivity contribution in [2.24, 2.45) is 11.8 Å². The smallest absolute Gasteiger partial charge is 0.310 e. The van der Waals surface area contributed by atoms with Gasteiger partial charge in [-0.3, -0.25) is 14.5 Å². The third-order valence-electron chi connectivity index (χ3n) is 4.04. The molecule has 0 aromatic rings. The lowest BCUT2D eigenvalue weighted by Crippen LogP contribution is -2.38. The largest absolute Gasteiger partial charge is 0.469 e. The Balaban J connectivity index is 1.84. The molecule has 0 N–H and O–H groups in total. The van der Waals surface area contributed by atoms with E-state index in [1.807, 2.05) is 18.9 Å². The predicted octanol–water partition coefficient (Wildman–Crippen LogP) is 0.348. The van der Waals surface area contributed by atoms with Gasteiger partial charge in [0.05, 0.1) is 19.6 Å². The Labute approximate surface area is 108 Å². The minimum atomic E-state index is -0.159. The monoisotopic (exact) mass is 254 g/mol. The third-order valence-corrected chi connectivity index (χ3v) is 4.04. The van der Waals surface area contributed by atoms with Gasteiger partial charge in [-0.25, -0.2) is 0 Å². The molecule has 5 nitrogen and oxygen atoms in total. The molecule has 0 aromatic carbocycles. The topological polar surface area (TPSA) is 49.9 Å². The van der Waals surface area contributed by atoms with Crippen LogP contribution in [0, 0.1) is 11.8 Å². The second-order valence-electron chi connectivity index (χ2n) is 5.54. The van der Waals surface area contributed by atoms with Crippen LogP contribution in [0.5, 0.6) is 0 Å². The lowest BCUT2D eigenvalue weighted by molar-refractivity contribution is -0.146. The number of rotatable bonds is 4. The Morgan fingerprint density at radius 3 is 2.56 bits per heavy atom. The van der Waals surface area contributed by atoms with Crippen LogP contribution in [0.15, 0.2) is 0 Å². The molecule has 0 bridgehead atoms. The fraction of sp³-hybridized carbons (Fsp3) is 0.846. The van der Waals surface area contributed by atoms with Crippen molar-refractivity contribution in [3.63, 3.8) is 0 Å². The third kappa shape index (κ3) is 2.83. The Bertz CT molecular complexity index is 341. The summed E-state index contributed by atoms with van der Waals surface area (Å²) in [6.45, 7) is 3.89. The van der Waals surface area contributed by atoms with Crippen LogP contribution >= 0.6 is 0 Å². The average Bonchev–Trinajstić information content (AvgIpc) is 3.12. The Morgan fingerprint density at radius 1 is 1.33 bits per heavy atom. The summed E-state index contributed by atoms with van der Waals surface area (Å²) in [4.78, 5) is 27.5. The van der Waals surface area contributed by atoms with E-state index in [0.717, 1.165) is 19.4 Å². The zero-order chi connectivity index (χ0) is 13.3. The molecule has 2 aliphatic rings. The molecule has 5 heteroatoms. The molecule has 1 saturated carbocycles. The van der Waals surface area contributed by atoms with Crippen molar-refractivity contribution in [3.05, 3.63) is 0 Å². The number of likely N-dealkylation sites (tertiary alicyclic amines) is 1. The summed E-state index contributed by atoms with van der Waals surface area (Å²) in [6.07, 6.45) is 2.26. The second-order valence-corrected chi connectivity index (χ2v) is 5.54. The van der Waals surface area contributed by atoms with Gasteiger partial charge in [-0.05, 0) is 18.8 Å². The van der Waals surface area contributed by atoms with Crippen molar-refractivity contribution in [3.8, 4) is 0 Å². The van der Waals surface area contributed by atoms with Gasteiger partial charge in [0.25, 0.3) is 0 Å². The second kappa shape index (κ2) is 5.26. The van der Waals surface area contributed by atoms with E-state index in [-0.39, 0.29) is 23.7 Å². The molecule has 1 aliphatic heterocycles. The Kier molecular flexibility index (Phi) is 3.90. The predicted molar refractivity (Wildman–Crippen MR) is 66.9 cm³/mol. The maximum absolute atomic E-state index is 12.0. The van der Waals surface area contributed by atoms with Gasteiger partial charge in [0.15, 0.2) is 0 Å². The number of carbonyl (C=O) groups is 2. The lowest BCUT2D eigenvalue weighted by atomic mass is 9.99. The first-order valence-electron chi connectivity index (χ1n) is 6.58. The molecular formula is C13H22N2O3.